The molecule has 5 heteroatoms. The van der Waals surface area contributed by atoms with Crippen molar-refractivity contribution in [2.45, 2.75) is 64.9 Å². The molecule has 1 saturated carbocycles. The maximum Gasteiger partial charge on any atom is 0.407 e. The molecule has 0 unspecified atom stereocenters. The van der Waals surface area contributed by atoms with E-state index in [-0.39, 0.29) is 6.54 Å². The molecule has 1 atom stereocenters. The summed E-state index contributed by atoms with van der Waals surface area (Å²) >= 11 is 0. The first kappa shape index (κ1) is 16.8. The van der Waals surface area contributed by atoms with Gasteiger partial charge in [-0.2, -0.15) is 0 Å². The summed E-state index contributed by atoms with van der Waals surface area (Å²) in [6.07, 6.45) is 5.95. The predicted molar refractivity (Wildman–Crippen MR) is 76.6 cm³/mol. The second-order valence-electron chi connectivity index (χ2n) is 6.66. The van der Waals surface area contributed by atoms with E-state index in [9.17, 15) is 14.7 Å². The fraction of sp³-hybridized carbons (Fsp3) is 0.867. The van der Waals surface area contributed by atoms with Crippen molar-refractivity contribution in [3.05, 3.63) is 0 Å². The monoisotopic (exact) mass is 285 g/mol. The summed E-state index contributed by atoms with van der Waals surface area (Å²) in [4.78, 5) is 22.8. The van der Waals surface area contributed by atoms with Crippen molar-refractivity contribution in [2.75, 3.05) is 6.54 Å². The van der Waals surface area contributed by atoms with Crippen LogP contribution in [0.2, 0.25) is 0 Å². The Bertz CT molecular complexity index is 329. The number of carbonyl (C=O) groups excluding carboxylic acids is 1. The zero-order chi connectivity index (χ0) is 15.2. The number of hydrogen-bond acceptors (Lipinski definition) is 3. The van der Waals surface area contributed by atoms with Gasteiger partial charge in [0.1, 0.15) is 5.60 Å². The maximum absolute atomic E-state index is 11.6. The van der Waals surface area contributed by atoms with Crippen molar-refractivity contribution < 1.29 is 19.4 Å². The molecular weight excluding hydrogens is 258 g/mol. The van der Waals surface area contributed by atoms with Crippen LogP contribution in [0, 0.1) is 11.8 Å². The van der Waals surface area contributed by atoms with Crippen LogP contribution in [-0.2, 0) is 9.53 Å². The highest BCUT2D eigenvalue weighted by atomic mass is 16.6. The Morgan fingerprint density at radius 1 is 1.25 bits per heavy atom. The minimum absolute atomic E-state index is 0.140. The first-order valence-electron chi connectivity index (χ1n) is 7.47. The van der Waals surface area contributed by atoms with Crippen LogP contribution in [0.3, 0.4) is 0 Å². The zero-order valence-corrected chi connectivity index (χ0v) is 12.8. The van der Waals surface area contributed by atoms with Crippen molar-refractivity contribution in [1.82, 2.24) is 5.32 Å². The summed E-state index contributed by atoms with van der Waals surface area (Å²) in [5.74, 6) is -0.887. The molecule has 1 fully saturated rings. The van der Waals surface area contributed by atoms with Crippen LogP contribution in [0.4, 0.5) is 4.79 Å². The molecule has 116 valence electrons. The highest BCUT2D eigenvalue weighted by Gasteiger charge is 2.25. The van der Waals surface area contributed by atoms with Gasteiger partial charge in [-0.3, -0.25) is 4.79 Å². The molecule has 1 rings (SSSR count). The van der Waals surface area contributed by atoms with Crippen molar-refractivity contribution in [3.63, 3.8) is 0 Å². The Labute approximate surface area is 121 Å². The van der Waals surface area contributed by atoms with Gasteiger partial charge in [-0.05, 0) is 33.1 Å². The number of carbonyl (C=O) groups is 2. The van der Waals surface area contributed by atoms with Gasteiger partial charge in [0, 0.05) is 6.54 Å². The van der Waals surface area contributed by atoms with Crippen LogP contribution in [0.1, 0.15) is 59.3 Å². The van der Waals surface area contributed by atoms with Gasteiger partial charge < -0.3 is 15.2 Å². The van der Waals surface area contributed by atoms with Crippen molar-refractivity contribution in [3.8, 4) is 0 Å². The lowest BCUT2D eigenvalue weighted by Gasteiger charge is -2.25. The van der Waals surface area contributed by atoms with E-state index in [1.54, 1.807) is 20.8 Å². The number of aliphatic carboxylic acids is 1. The van der Waals surface area contributed by atoms with Crippen LogP contribution in [0.5, 0.6) is 0 Å². The van der Waals surface area contributed by atoms with E-state index in [0.717, 1.165) is 12.8 Å². The molecule has 0 spiro atoms. The maximum atomic E-state index is 11.6. The Morgan fingerprint density at radius 2 is 1.85 bits per heavy atom. The third-order valence-electron chi connectivity index (χ3n) is 3.58. The van der Waals surface area contributed by atoms with Crippen molar-refractivity contribution >= 4 is 12.1 Å². The molecule has 0 bridgehead atoms. The minimum atomic E-state index is -0.841. The standard InChI is InChI=1S/C15H27NO4/c1-15(2,3)20-14(19)16-10-12(13(17)18)9-11-7-5-4-6-8-11/h11-12H,4-10H2,1-3H3,(H,16,19)(H,17,18)/t12-/m0/s1. The largest absolute Gasteiger partial charge is 0.481 e. The second-order valence-corrected chi connectivity index (χ2v) is 6.66. The zero-order valence-electron chi connectivity index (χ0n) is 12.8. The quantitative estimate of drug-likeness (QED) is 0.813. The molecule has 0 aromatic heterocycles. The summed E-state index contributed by atoms with van der Waals surface area (Å²) in [7, 11) is 0. The molecule has 1 amide bonds. The van der Waals surface area contributed by atoms with Gasteiger partial charge in [0.2, 0.25) is 0 Å². The van der Waals surface area contributed by atoms with Crippen LogP contribution in [-0.4, -0.2) is 29.3 Å². The number of alkyl carbamates (subject to hydrolysis) is 1. The van der Waals surface area contributed by atoms with E-state index >= 15 is 0 Å². The lowest BCUT2D eigenvalue weighted by molar-refractivity contribution is -0.142. The molecule has 0 saturated heterocycles. The summed E-state index contributed by atoms with van der Waals surface area (Å²) in [6.45, 7) is 5.48. The second kappa shape index (κ2) is 7.50. The Morgan fingerprint density at radius 3 is 2.35 bits per heavy atom. The van der Waals surface area contributed by atoms with E-state index in [2.05, 4.69) is 5.32 Å². The van der Waals surface area contributed by atoms with E-state index in [0.29, 0.717) is 12.3 Å². The third kappa shape index (κ3) is 6.78. The molecule has 0 radical (unpaired) electrons. The summed E-state index contributed by atoms with van der Waals surface area (Å²) in [6, 6.07) is 0. The molecule has 2 N–H and O–H groups in total. The molecule has 0 aliphatic heterocycles. The normalized spacial score (nSPS) is 18.4. The van der Waals surface area contributed by atoms with E-state index in [4.69, 9.17) is 4.74 Å². The van der Waals surface area contributed by atoms with Gasteiger partial charge in [0.05, 0.1) is 5.92 Å². The highest BCUT2D eigenvalue weighted by molar-refractivity contribution is 5.72. The van der Waals surface area contributed by atoms with E-state index < -0.39 is 23.6 Å². The lowest BCUT2D eigenvalue weighted by Crippen LogP contribution is -2.37. The Hall–Kier alpha value is -1.26. The first-order chi connectivity index (χ1) is 9.28. The molecule has 20 heavy (non-hydrogen) atoms. The fourth-order valence-electron chi connectivity index (χ4n) is 2.62. The molecule has 1 aliphatic carbocycles. The van der Waals surface area contributed by atoms with Crippen LogP contribution in [0.25, 0.3) is 0 Å². The van der Waals surface area contributed by atoms with Crippen LogP contribution < -0.4 is 5.32 Å². The molecule has 0 heterocycles. The molecule has 0 aromatic carbocycles. The van der Waals surface area contributed by atoms with Gasteiger partial charge in [0.15, 0.2) is 0 Å². The van der Waals surface area contributed by atoms with Crippen molar-refractivity contribution in [2.24, 2.45) is 11.8 Å². The molecule has 5 nitrogen and oxygen atoms in total. The highest BCUT2D eigenvalue weighted by Crippen LogP contribution is 2.29. The van der Waals surface area contributed by atoms with Gasteiger partial charge >= 0.3 is 12.1 Å². The number of carboxylic acids is 1. The predicted octanol–water partition coefficient (Wildman–Crippen LogP) is 3.18. The van der Waals surface area contributed by atoms with Gasteiger partial charge in [-0.15, -0.1) is 0 Å². The topological polar surface area (TPSA) is 75.6 Å². The number of carboxylic acid groups (broad SMARTS) is 1. The number of hydrogen-bond donors (Lipinski definition) is 2. The average molecular weight is 285 g/mol. The summed E-state index contributed by atoms with van der Waals surface area (Å²) in [5.41, 5.74) is -0.563. The van der Waals surface area contributed by atoms with E-state index in [1.807, 2.05) is 0 Å². The van der Waals surface area contributed by atoms with Crippen LogP contribution in [0.15, 0.2) is 0 Å². The third-order valence-corrected chi connectivity index (χ3v) is 3.58. The Balaban J connectivity index is 2.38. The smallest absolute Gasteiger partial charge is 0.407 e. The number of nitrogens with one attached hydrogen (secondary N) is 1. The SMILES string of the molecule is CC(C)(C)OC(=O)NC[C@H](CC1CCCCC1)C(=O)O. The number of rotatable bonds is 5. The van der Waals surface area contributed by atoms with Crippen LogP contribution >= 0.6 is 0 Å². The summed E-state index contributed by atoms with van der Waals surface area (Å²) < 4.78 is 5.11. The molecule has 0 aromatic rings. The molecular formula is C15H27NO4. The minimum Gasteiger partial charge on any atom is -0.481 e. The fourth-order valence-corrected chi connectivity index (χ4v) is 2.62. The Kier molecular flexibility index (Phi) is 6.30. The van der Waals surface area contributed by atoms with Gasteiger partial charge in [0.25, 0.3) is 0 Å². The summed E-state index contributed by atoms with van der Waals surface area (Å²) in [5, 5.41) is 11.8. The first-order valence-corrected chi connectivity index (χ1v) is 7.47. The lowest BCUT2D eigenvalue weighted by atomic mass is 9.83. The van der Waals surface area contributed by atoms with Gasteiger partial charge in [-0.1, -0.05) is 32.1 Å². The van der Waals surface area contributed by atoms with E-state index in [1.165, 1.54) is 19.3 Å². The van der Waals surface area contributed by atoms with Crippen molar-refractivity contribution in [1.29, 1.82) is 0 Å². The molecule has 1 aliphatic rings. The number of amides is 1. The number of ether oxygens (including phenoxy) is 1. The average Bonchev–Trinajstić information content (AvgIpc) is 2.33. The van der Waals surface area contributed by atoms with Gasteiger partial charge in [-0.25, -0.2) is 4.79 Å².